The molecule has 0 saturated carbocycles. The van der Waals surface area contributed by atoms with Crippen molar-refractivity contribution < 1.29 is 13.2 Å². The highest BCUT2D eigenvalue weighted by atomic mass is 32.2. The molecule has 1 heterocycles. The van der Waals surface area contributed by atoms with E-state index >= 15 is 0 Å². The van der Waals surface area contributed by atoms with Crippen molar-refractivity contribution in [3.8, 4) is 0 Å². The Labute approximate surface area is 104 Å². The van der Waals surface area contributed by atoms with Gasteiger partial charge in [-0.05, 0) is 18.5 Å². The molecule has 0 radical (unpaired) electrons. The molecule has 6 nitrogen and oxygen atoms in total. The van der Waals surface area contributed by atoms with Gasteiger partial charge in [-0.2, -0.15) is 0 Å². The zero-order valence-electron chi connectivity index (χ0n) is 9.34. The molecular weight excluding hydrogens is 262 g/mol. The average molecular weight is 277 g/mol. The lowest BCUT2D eigenvalue weighted by molar-refractivity contribution is -0.122. The molecule has 0 aliphatic carbocycles. The van der Waals surface area contributed by atoms with Gasteiger partial charge in [-0.15, -0.1) is 11.3 Å². The van der Waals surface area contributed by atoms with E-state index in [-0.39, 0.29) is 18.2 Å². The van der Waals surface area contributed by atoms with Gasteiger partial charge in [-0.25, -0.2) is 13.1 Å². The smallest absolute Gasteiger partial charge is 0.242 e. The van der Waals surface area contributed by atoms with Gasteiger partial charge in [-0.1, -0.05) is 6.07 Å². The Morgan fingerprint density at radius 2 is 2.29 bits per heavy atom. The molecule has 0 bridgehead atoms. The summed E-state index contributed by atoms with van der Waals surface area (Å²) in [6.45, 7) is 0.0427. The maximum Gasteiger partial charge on any atom is 0.242 e. The molecule has 1 amide bonds. The van der Waals surface area contributed by atoms with E-state index in [1.165, 1.54) is 18.4 Å². The first-order valence-electron chi connectivity index (χ1n) is 4.94. The van der Waals surface area contributed by atoms with Gasteiger partial charge in [-0.3, -0.25) is 4.79 Å². The van der Waals surface area contributed by atoms with Crippen molar-refractivity contribution in [1.82, 2.24) is 10.0 Å². The first kappa shape index (κ1) is 14.1. The van der Waals surface area contributed by atoms with Crippen LogP contribution in [0.2, 0.25) is 0 Å². The molecule has 17 heavy (non-hydrogen) atoms. The van der Waals surface area contributed by atoms with E-state index in [1.807, 2.05) is 5.38 Å². The molecule has 0 saturated heterocycles. The summed E-state index contributed by atoms with van der Waals surface area (Å²) in [4.78, 5) is 12.3. The highest BCUT2D eigenvalue weighted by Gasteiger charge is 2.16. The largest absolute Gasteiger partial charge is 0.353 e. The lowest BCUT2D eigenvalue weighted by Crippen LogP contribution is -2.37. The van der Waals surface area contributed by atoms with Crippen molar-refractivity contribution in [1.29, 1.82) is 0 Å². The minimum atomic E-state index is -3.30. The summed E-state index contributed by atoms with van der Waals surface area (Å²) in [6.07, 6.45) is 0. The summed E-state index contributed by atoms with van der Waals surface area (Å²) in [5.74, 6) is -0.536. The van der Waals surface area contributed by atoms with Crippen LogP contribution in [0, 0.1) is 0 Å². The van der Waals surface area contributed by atoms with Crippen molar-refractivity contribution in [3.05, 3.63) is 22.4 Å². The Balaban J connectivity index is 2.41. The highest BCUT2D eigenvalue weighted by Crippen LogP contribution is 2.16. The topological polar surface area (TPSA) is 101 Å². The van der Waals surface area contributed by atoms with Crippen LogP contribution >= 0.6 is 11.3 Å². The van der Waals surface area contributed by atoms with E-state index in [0.29, 0.717) is 0 Å². The van der Waals surface area contributed by atoms with E-state index in [0.717, 1.165) is 4.88 Å². The number of nitrogens with one attached hydrogen (secondary N) is 2. The number of hydrogen-bond acceptors (Lipinski definition) is 5. The Kier molecular flexibility index (Phi) is 5.06. The van der Waals surface area contributed by atoms with Gasteiger partial charge in [0.2, 0.25) is 15.9 Å². The van der Waals surface area contributed by atoms with Gasteiger partial charge < -0.3 is 11.1 Å². The summed E-state index contributed by atoms with van der Waals surface area (Å²) in [5, 5.41) is 4.31. The van der Waals surface area contributed by atoms with Crippen molar-refractivity contribution in [2.45, 2.75) is 6.04 Å². The molecule has 0 aromatic carbocycles. The Bertz CT molecular complexity index is 456. The summed E-state index contributed by atoms with van der Waals surface area (Å²) in [5.41, 5.74) is 5.70. The van der Waals surface area contributed by atoms with Gasteiger partial charge in [0, 0.05) is 11.4 Å². The van der Waals surface area contributed by atoms with Crippen molar-refractivity contribution in [2.75, 3.05) is 19.3 Å². The lowest BCUT2D eigenvalue weighted by Gasteiger charge is -2.10. The van der Waals surface area contributed by atoms with Crippen molar-refractivity contribution in [2.24, 2.45) is 5.73 Å². The van der Waals surface area contributed by atoms with Crippen molar-refractivity contribution >= 4 is 27.3 Å². The van der Waals surface area contributed by atoms with Crippen molar-refractivity contribution in [3.63, 3.8) is 0 Å². The molecule has 1 aromatic heterocycles. The number of hydrogen-bond donors (Lipinski definition) is 3. The summed E-state index contributed by atoms with van der Waals surface area (Å²) < 4.78 is 24.3. The van der Waals surface area contributed by atoms with Gasteiger partial charge in [0.1, 0.15) is 6.04 Å². The maximum atomic E-state index is 11.6. The normalized spacial score (nSPS) is 13.3. The van der Waals surface area contributed by atoms with Crippen LogP contribution in [-0.4, -0.2) is 33.7 Å². The molecule has 0 spiro atoms. The predicted octanol–water partition coefficient (Wildman–Crippen LogP) is -0.587. The monoisotopic (exact) mass is 277 g/mol. The van der Waals surface area contributed by atoms with Gasteiger partial charge in [0.15, 0.2) is 0 Å². The molecule has 8 heteroatoms. The highest BCUT2D eigenvalue weighted by molar-refractivity contribution is 7.89. The average Bonchev–Trinajstić information content (AvgIpc) is 2.81. The number of amides is 1. The SMILES string of the molecule is CNS(=O)(=O)CCNC(=O)C(N)c1cccs1. The molecule has 1 aromatic rings. The Hall–Kier alpha value is -0.960. The van der Waals surface area contributed by atoms with Crippen LogP contribution in [-0.2, 0) is 14.8 Å². The third kappa shape index (κ3) is 4.43. The number of thiophene rings is 1. The zero-order valence-corrected chi connectivity index (χ0v) is 11.0. The van der Waals surface area contributed by atoms with E-state index < -0.39 is 16.1 Å². The predicted molar refractivity (Wildman–Crippen MR) is 67.1 cm³/mol. The molecule has 1 atom stereocenters. The molecular formula is C9H15N3O3S2. The molecule has 1 unspecified atom stereocenters. The first-order chi connectivity index (χ1) is 7.96. The van der Waals surface area contributed by atoms with Crippen LogP contribution in [0.25, 0.3) is 0 Å². The van der Waals surface area contributed by atoms with Crippen LogP contribution in [0.15, 0.2) is 17.5 Å². The number of rotatable bonds is 6. The molecule has 0 aliphatic heterocycles. The number of carbonyl (C=O) groups excluding carboxylic acids is 1. The molecule has 96 valence electrons. The van der Waals surface area contributed by atoms with E-state index in [9.17, 15) is 13.2 Å². The summed E-state index contributed by atoms with van der Waals surface area (Å²) in [7, 11) is -1.97. The number of nitrogens with two attached hydrogens (primary N) is 1. The third-order valence-corrected chi connectivity index (χ3v) is 4.43. The van der Waals surface area contributed by atoms with Crippen LogP contribution in [0.1, 0.15) is 10.9 Å². The first-order valence-corrected chi connectivity index (χ1v) is 7.47. The van der Waals surface area contributed by atoms with Gasteiger partial charge in [0.05, 0.1) is 5.75 Å². The van der Waals surface area contributed by atoms with Gasteiger partial charge >= 0.3 is 0 Å². The molecule has 1 rings (SSSR count). The van der Waals surface area contributed by atoms with Crippen LogP contribution in [0.5, 0.6) is 0 Å². The Morgan fingerprint density at radius 1 is 1.59 bits per heavy atom. The maximum absolute atomic E-state index is 11.6. The second-order valence-electron chi connectivity index (χ2n) is 3.31. The molecule has 4 N–H and O–H groups in total. The van der Waals surface area contributed by atoms with E-state index in [1.54, 1.807) is 12.1 Å². The minimum Gasteiger partial charge on any atom is -0.353 e. The number of carbonyl (C=O) groups is 1. The standard InChI is InChI=1S/C9H15N3O3S2/c1-11-17(14,15)6-4-12-9(13)8(10)7-3-2-5-16-7/h2-3,5,8,11H,4,6,10H2,1H3,(H,12,13). The van der Waals surface area contributed by atoms with E-state index in [4.69, 9.17) is 5.73 Å². The molecule has 0 aliphatic rings. The molecule has 0 fully saturated rings. The van der Waals surface area contributed by atoms with Crippen LogP contribution < -0.4 is 15.8 Å². The fourth-order valence-electron chi connectivity index (χ4n) is 1.12. The fourth-order valence-corrected chi connectivity index (χ4v) is 2.42. The number of sulfonamides is 1. The summed E-state index contributed by atoms with van der Waals surface area (Å²) in [6, 6.07) is 2.82. The van der Waals surface area contributed by atoms with Gasteiger partial charge in [0.25, 0.3) is 0 Å². The lowest BCUT2D eigenvalue weighted by atomic mass is 10.2. The third-order valence-electron chi connectivity index (χ3n) is 2.11. The van der Waals surface area contributed by atoms with E-state index in [2.05, 4.69) is 10.0 Å². The second kappa shape index (κ2) is 6.10. The quantitative estimate of drug-likeness (QED) is 0.647. The van der Waals surface area contributed by atoms with Crippen LogP contribution in [0.3, 0.4) is 0 Å². The van der Waals surface area contributed by atoms with Crippen LogP contribution in [0.4, 0.5) is 0 Å². The Morgan fingerprint density at radius 3 is 2.82 bits per heavy atom. The second-order valence-corrected chi connectivity index (χ2v) is 6.33. The fraction of sp³-hybridized carbons (Fsp3) is 0.444. The minimum absolute atomic E-state index is 0.0427. The summed E-state index contributed by atoms with van der Waals surface area (Å²) >= 11 is 1.39. The zero-order chi connectivity index (χ0) is 12.9.